The summed E-state index contributed by atoms with van der Waals surface area (Å²) in [5, 5.41) is 2.63. The summed E-state index contributed by atoms with van der Waals surface area (Å²) in [4.78, 5) is 38.8. The number of amides is 2. The van der Waals surface area contributed by atoms with Gasteiger partial charge in [0.05, 0.1) is 17.5 Å². The Morgan fingerprint density at radius 2 is 1.82 bits per heavy atom. The number of rotatable bonds is 5. The van der Waals surface area contributed by atoms with E-state index in [-0.39, 0.29) is 23.8 Å². The molecule has 28 heavy (non-hydrogen) atoms. The first kappa shape index (κ1) is 19.7. The van der Waals surface area contributed by atoms with E-state index in [9.17, 15) is 14.4 Å². The summed E-state index contributed by atoms with van der Waals surface area (Å²) in [6.07, 6.45) is 2.48. The normalized spacial score (nSPS) is 19.1. The number of likely N-dealkylation sites (tertiary alicyclic amines) is 1. The summed E-state index contributed by atoms with van der Waals surface area (Å²) < 4.78 is 10.3. The molecule has 0 spiro atoms. The van der Waals surface area contributed by atoms with E-state index in [0.29, 0.717) is 30.6 Å². The van der Waals surface area contributed by atoms with E-state index in [1.165, 1.54) is 18.4 Å². The number of benzene rings is 1. The number of ether oxygens (including phenoxy) is 1. The van der Waals surface area contributed by atoms with Crippen LogP contribution in [0.2, 0.25) is 0 Å². The average molecular weight is 384 g/mol. The predicted molar refractivity (Wildman–Crippen MR) is 103 cm³/mol. The second-order valence-electron chi connectivity index (χ2n) is 7.30. The van der Waals surface area contributed by atoms with Gasteiger partial charge in [0.25, 0.3) is 11.8 Å². The molecule has 0 bridgehead atoms. The minimum absolute atomic E-state index is 0.131. The van der Waals surface area contributed by atoms with E-state index < -0.39 is 11.9 Å². The zero-order valence-electron chi connectivity index (χ0n) is 16.0. The summed E-state index contributed by atoms with van der Waals surface area (Å²) in [6, 6.07) is 9.60. The molecule has 2 aromatic rings. The summed E-state index contributed by atoms with van der Waals surface area (Å²) in [5.74, 6) is -0.350. The van der Waals surface area contributed by atoms with Gasteiger partial charge in [-0.05, 0) is 42.5 Å². The Bertz CT molecular complexity index is 836. The van der Waals surface area contributed by atoms with E-state index in [1.54, 1.807) is 29.2 Å². The number of esters is 1. The van der Waals surface area contributed by atoms with Crippen molar-refractivity contribution in [1.29, 1.82) is 0 Å². The average Bonchev–Trinajstić information content (AvgIpc) is 3.20. The van der Waals surface area contributed by atoms with Gasteiger partial charge in [-0.3, -0.25) is 9.59 Å². The molecule has 3 rings (SSSR count). The molecule has 0 saturated carbocycles. The van der Waals surface area contributed by atoms with Crippen LogP contribution >= 0.6 is 0 Å². The second-order valence-corrected chi connectivity index (χ2v) is 7.30. The molecule has 2 heterocycles. The molecule has 2 amide bonds. The fraction of sp³-hybridized carbons (Fsp3) is 0.381. The molecule has 1 aliphatic heterocycles. The van der Waals surface area contributed by atoms with Gasteiger partial charge < -0.3 is 19.4 Å². The number of nitrogens with one attached hydrogen (secondary N) is 1. The molecule has 7 nitrogen and oxygen atoms in total. The Morgan fingerprint density at radius 3 is 2.50 bits per heavy atom. The molecule has 0 unspecified atom stereocenters. The van der Waals surface area contributed by atoms with Gasteiger partial charge in [-0.15, -0.1) is 0 Å². The van der Waals surface area contributed by atoms with Gasteiger partial charge >= 0.3 is 5.97 Å². The number of furan rings is 1. The first-order chi connectivity index (χ1) is 13.4. The van der Waals surface area contributed by atoms with Crippen LogP contribution in [-0.4, -0.2) is 42.4 Å². The topological polar surface area (TPSA) is 88.9 Å². The molecule has 1 saturated heterocycles. The van der Waals surface area contributed by atoms with E-state index in [1.807, 2.05) is 0 Å². The zero-order valence-corrected chi connectivity index (χ0v) is 16.0. The Hall–Kier alpha value is -3.09. The summed E-state index contributed by atoms with van der Waals surface area (Å²) >= 11 is 0. The maximum Gasteiger partial charge on any atom is 0.340 e. The lowest BCUT2D eigenvalue weighted by atomic mass is 9.92. The van der Waals surface area contributed by atoms with Gasteiger partial charge in [-0.2, -0.15) is 0 Å². The van der Waals surface area contributed by atoms with E-state index >= 15 is 0 Å². The van der Waals surface area contributed by atoms with Crippen LogP contribution in [0.15, 0.2) is 47.1 Å². The Balaban J connectivity index is 1.61. The third-order valence-electron chi connectivity index (χ3n) is 4.69. The molecule has 1 aromatic heterocycles. The lowest BCUT2D eigenvalue weighted by Crippen LogP contribution is -2.44. The van der Waals surface area contributed by atoms with Crippen LogP contribution in [-0.2, 0) is 9.53 Å². The molecule has 1 aliphatic rings. The van der Waals surface area contributed by atoms with Gasteiger partial charge in [-0.1, -0.05) is 26.0 Å². The predicted octanol–water partition coefficient (Wildman–Crippen LogP) is 3.19. The zero-order chi connectivity index (χ0) is 20.1. The van der Waals surface area contributed by atoms with Crippen molar-refractivity contribution in [3.05, 3.63) is 54.0 Å². The first-order valence-electron chi connectivity index (χ1n) is 9.32. The number of piperidine rings is 1. The number of para-hydroxylation sites is 1. The monoisotopic (exact) mass is 384 g/mol. The van der Waals surface area contributed by atoms with Crippen molar-refractivity contribution in [3.8, 4) is 0 Å². The Labute approximate surface area is 163 Å². The van der Waals surface area contributed by atoms with Crippen molar-refractivity contribution in [2.75, 3.05) is 25.0 Å². The Kier molecular flexibility index (Phi) is 6.13. The highest BCUT2D eigenvalue weighted by atomic mass is 16.5. The molecule has 148 valence electrons. The minimum Gasteiger partial charge on any atom is -0.459 e. The van der Waals surface area contributed by atoms with Crippen LogP contribution in [0.5, 0.6) is 0 Å². The maximum atomic E-state index is 12.5. The number of hydrogen-bond acceptors (Lipinski definition) is 5. The minimum atomic E-state index is -0.665. The highest BCUT2D eigenvalue weighted by molar-refractivity contribution is 6.06. The quantitative estimate of drug-likeness (QED) is 0.800. The number of carbonyl (C=O) groups excluding carboxylic acids is 3. The van der Waals surface area contributed by atoms with Crippen molar-refractivity contribution >= 4 is 23.5 Å². The van der Waals surface area contributed by atoms with E-state index in [0.717, 1.165) is 6.42 Å². The molecule has 1 fully saturated rings. The SMILES string of the molecule is C[C@H]1C[C@H](C)CN(C(=O)COC(=O)c2ccccc2NC(=O)c2ccco2)C1. The van der Waals surface area contributed by atoms with Crippen LogP contribution in [0.1, 0.15) is 41.2 Å². The van der Waals surface area contributed by atoms with Crippen LogP contribution in [0.4, 0.5) is 5.69 Å². The summed E-state index contributed by atoms with van der Waals surface area (Å²) in [5.41, 5.74) is 0.470. The van der Waals surface area contributed by atoms with Gasteiger partial charge in [0, 0.05) is 13.1 Å². The van der Waals surface area contributed by atoms with E-state index in [4.69, 9.17) is 9.15 Å². The van der Waals surface area contributed by atoms with Crippen LogP contribution < -0.4 is 5.32 Å². The fourth-order valence-corrected chi connectivity index (χ4v) is 3.52. The van der Waals surface area contributed by atoms with Crippen molar-refractivity contribution in [2.45, 2.75) is 20.3 Å². The van der Waals surface area contributed by atoms with Gasteiger partial charge in [0.15, 0.2) is 12.4 Å². The smallest absolute Gasteiger partial charge is 0.340 e. The number of hydrogen-bond donors (Lipinski definition) is 1. The molecular formula is C21H24N2O5. The highest BCUT2D eigenvalue weighted by Gasteiger charge is 2.26. The number of anilines is 1. The molecular weight excluding hydrogens is 360 g/mol. The van der Waals surface area contributed by atoms with Crippen molar-refractivity contribution < 1.29 is 23.5 Å². The number of nitrogens with zero attached hydrogens (tertiary/aromatic N) is 1. The highest BCUT2D eigenvalue weighted by Crippen LogP contribution is 2.21. The van der Waals surface area contributed by atoms with Crippen LogP contribution in [0, 0.1) is 11.8 Å². The second kappa shape index (κ2) is 8.73. The van der Waals surface area contributed by atoms with Crippen LogP contribution in [0.3, 0.4) is 0 Å². The van der Waals surface area contributed by atoms with Gasteiger partial charge in [-0.25, -0.2) is 4.79 Å². The van der Waals surface area contributed by atoms with Crippen molar-refractivity contribution in [2.24, 2.45) is 11.8 Å². The molecule has 7 heteroatoms. The van der Waals surface area contributed by atoms with Crippen molar-refractivity contribution in [1.82, 2.24) is 4.90 Å². The standard InChI is InChI=1S/C21H24N2O5/c1-14-10-15(2)12-23(11-14)19(24)13-28-21(26)16-6-3-4-7-17(16)22-20(25)18-8-5-9-27-18/h3-9,14-15H,10-13H2,1-2H3,(H,22,25)/t14-,15-/m0/s1. The fourth-order valence-electron chi connectivity index (χ4n) is 3.52. The lowest BCUT2D eigenvalue weighted by Gasteiger charge is -2.34. The third kappa shape index (κ3) is 4.79. The maximum absolute atomic E-state index is 12.5. The third-order valence-corrected chi connectivity index (χ3v) is 4.69. The van der Waals surface area contributed by atoms with Gasteiger partial charge in [0.2, 0.25) is 0 Å². The molecule has 0 radical (unpaired) electrons. The van der Waals surface area contributed by atoms with Crippen LogP contribution in [0.25, 0.3) is 0 Å². The summed E-state index contributed by atoms with van der Waals surface area (Å²) in [6.45, 7) is 5.26. The van der Waals surface area contributed by atoms with E-state index in [2.05, 4.69) is 19.2 Å². The van der Waals surface area contributed by atoms with Crippen molar-refractivity contribution in [3.63, 3.8) is 0 Å². The van der Waals surface area contributed by atoms with Gasteiger partial charge in [0.1, 0.15) is 0 Å². The largest absolute Gasteiger partial charge is 0.459 e. The molecule has 1 aromatic carbocycles. The first-order valence-corrected chi connectivity index (χ1v) is 9.32. The summed E-state index contributed by atoms with van der Waals surface area (Å²) in [7, 11) is 0. The number of carbonyl (C=O) groups is 3. The molecule has 0 aliphatic carbocycles. The molecule has 2 atom stereocenters. The molecule has 1 N–H and O–H groups in total. The lowest BCUT2D eigenvalue weighted by molar-refractivity contribution is -0.137. The Morgan fingerprint density at radius 1 is 1.11 bits per heavy atom.